The van der Waals surface area contributed by atoms with Crippen LogP contribution in [-0.4, -0.2) is 34.1 Å². The molecule has 0 aromatic carbocycles. The van der Waals surface area contributed by atoms with Gasteiger partial charge < -0.3 is 15.3 Å². The van der Waals surface area contributed by atoms with Gasteiger partial charge in [-0.2, -0.15) is 0 Å². The maximum atomic E-state index is 10.9. The molecule has 12 atom stereocenters. The van der Waals surface area contributed by atoms with E-state index in [1.54, 1.807) is 0 Å². The molecule has 6 aliphatic carbocycles. The summed E-state index contributed by atoms with van der Waals surface area (Å²) in [5.74, 6) is 6.77. The van der Waals surface area contributed by atoms with E-state index in [-0.39, 0.29) is 17.6 Å². The van der Waals surface area contributed by atoms with Crippen molar-refractivity contribution in [1.82, 2.24) is 0 Å². The Morgan fingerprint density at radius 3 is 2.19 bits per heavy atom. The lowest BCUT2D eigenvalue weighted by molar-refractivity contribution is -0.147. The lowest BCUT2D eigenvalue weighted by Crippen LogP contribution is -2.56. The van der Waals surface area contributed by atoms with Crippen LogP contribution in [0.25, 0.3) is 0 Å². The predicted molar refractivity (Wildman–Crippen MR) is 106 cm³/mol. The largest absolute Gasteiger partial charge is 0.396 e. The monoisotopic (exact) mass is 376 g/mol. The highest BCUT2D eigenvalue weighted by molar-refractivity contribution is 5.23. The first-order valence-corrected chi connectivity index (χ1v) is 11.8. The maximum absolute atomic E-state index is 10.9. The van der Waals surface area contributed by atoms with Gasteiger partial charge in [0.25, 0.3) is 0 Å². The summed E-state index contributed by atoms with van der Waals surface area (Å²) in [7, 11) is 0. The Morgan fingerprint density at radius 1 is 0.815 bits per heavy atom. The molecule has 6 aliphatic rings. The van der Waals surface area contributed by atoms with Gasteiger partial charge in [0.05, 0.1) is 12.2 Å². The molecule has 0 saturated heterocycles. The van der Waals surface area contributed by atoms with Crippen molar-refractivity contribution >= 4 is 0 Å². The van der Waals surface area contributed by atoms with Gasteiger partial charge in [-0.15, -0.1) is 0 Å². The molecule has 154 valence electrons. The van der Waals surface area contributed by atoms with Gasteiger partial charge >= 0.3 is 0 Å². The normalized spacial score (nSPS) is 62.0. The van der Waals surface area contributed by atoms with Crippen molar-refractivity contribution in [3.63, 3.8) is 0 Å². The molecular formula is C24H40O3. The van der Waals surface area contributed by atoms with Crippen LogP contribution >= 0.6 is 0 Å². The van der Waals surface area contributed by atoms with Crippen LogP contribution in [-0.2, 0) is 0 Å². The first kappa shape index (κ1) is 18.9. The molecule has 3 heteroatoms. The first-order chi connectivity index (χ1) is 12.9. The molecule has 12 unspecified atom stereocenters. The van der Waals surface area contributed by atoms with Crippen LogP contribution in [0.4, 0.5) is 0 Å². The van der Waals surface area contributed by atoms with Crippen LogP contribution in [0.2, 0.25) is 0 Å². The Balaban J connectivity index is 0.000000368. The van der Waals surface area contributed by atoms with E-state index >= 15 is 0 Å². The molecule has 0 bridgehead atoms. The second-order valence-corrected chi connectivity index (χ2v) is 11.6. The first-order valence-electron chi connectivity index (χ1n) is 11.8. The molecule has 0 aliphatic heterocycles. The van der Waals surface area contributed by atoms with Crippen molar-refractivity contribution in [2.45, 2.75) is 84.3 Å². The van der Waals surface area contributed by atoms with E-state index in [4.69, 9.17) is 5.11 Å². The molecule has 0 aromatic heterocycles. The summed E-state index contributed by atoms with van der Waals surface area (Å²) in [5.41, 5.74) is 0.722. The standard InChI is InChI=1S/C21H32O2.C3H8O/c1-20-5-3-10(22)7-16(20)11-8-12(11)17-15(20)4-6-21(2)18(17)13-9-14(13)19(21)23;1-2-3-4/h10-19,22-23H,3-9H2,1-2H3;4H,2-3H2,1H3. The molecule has 3 N–H and O–H groups in total. The molecule has 0 spiro atoms. The van der Waals surface area contributed by atoms with Crippen LogP contribution < -0.4 is 0 Å². The third kappa shape index (κ3) is 2.50. The Bertz CT molecular complexity index is 590. The number of hydrogen-bond acceptors (Lipinski definition) is 3. The van der Waals surface area contributed by atoms with Crippen molar-refractivity contribution in [3.8, 4) is 0 Å². The van der Waals surface area contributed by atoms with Crippen molar-refractivity contribution in [3.05, 3.63) is 0 Å². The third-order valence-corrected chi connectivity index (χ3v) is 10.4. The van der Waals surface area contributed by atoms with E-state index in [1.165, 1.54) is 32.1 Å². The molecule has 0 radical (unpaired) electrons. The summed E-state index contributed by atoms with van der Waals surface area (Å²) in [6.45, 7) is 7.27. The molecular weight excluding hydrogens is 336 g/mol. The Labute approximate surface area is 164 Å². The van der Waals surface area contributed by atoms with E-state index in [0.29, 0.717) is 17.9 Å². The average molecular weight is 377 g/mol. The lowest BCUT2D eigenvalue weighted by Gasteiger charge is -2.61. The molecule has 6 fully saturated rings. The minimum Gasteiger partial charge on any atom is -0.396 e. The van der Waals surface area contributed by atoms with Gasteiger partial charge in [-0.3, -0.25) is 0 Å². The van der Waals surface area contributed by atoms with Crippen LogP contribution in [0.5, 0.6) is 0 Å². The van der Waals surface area contributed by atoms with Gasteiger partial charge in [-0.1, -0.05) is 20.8 Å². The fourth-order valence-electron chi connectivity index (χ4n) is 9.08. The maximum Gasteiger partial charge on any atom is 0.0627 e. The minimum atomic E-state index is -0.0270. The van der Waals surface area contributed by atoms with Crippen molar-refractivity contribution in [1.29, 1.82) is 0 Å². The summed E-state index contributed by atoms with van der Waals surface area (Å²) >= 11 is 0. The van der Waals surface area contributed by atoms with Gasteiger partial charge in [0.15, 0.2) is 0 Å². The zero-order valence-electron chi connectivity index (χ0n) is 17.5. The summed E-state index contributed by atoms with van der Waals surface area (Å²) in [6, 6.07) is 0. The van der Waals surface area contributed by atoms with E-state index in [9.17, 15) is 10.2 Å². The van der Waals surface area contributed by atoms with Crippen LogP contribution in [0.3, 0.4) is 0 Å². The summed E-state index contributed by atoms with van der Waals surface area (Å²) < 4.78 is 0. The van der Waals surface area contributed by atoms with Crippen molar-refractivity contribution in [2.75, 3.05) is 6.61 Å². The summed E-state index contributed by atoms with van der Waals surface area (Å²) in [5, 5.41) is 29.0. The number of aliphatic hydroxyl groups is 3. The molecule has 0 aromatic rings. The van der Waals surface area contributed by atoms with Crippen LogP contribution in [0.1, 0.15) is 72.1 Å². The Hall–Kier alpha value is -0.120. The van der Waals surface area contributed by atoms with E-state index in [2.05, 4.69) is 13.8 Å². The number of aliphatic hydroxyl groups excluding tert-OH is 3. The van der Waals surface area contributed by atoms with Gasteiger partial charge in [0.1, 0.15) is 0 Å². The van der Waals surface area contributed by atoms with E-state index < -0.39 is 0 Å². The second kappa shape index (κ2) is 6.19. The molecule has 0 heterocycles. The Kier molecular flexibility index (Phi) is 4.33. The number of hydrogen-bond donors (Lipinski definition) is 3. The molecule has 3 nitrogen and oxygen atoms in total. The summed E-state index contributed by atoms with van der Waals surface area (Å²) in [4.78, 5) is 0. The quantitative estimate of drug-likeness (QED) is 0.651. The van der Waals surface area contributed by atoms with Gasteiger partial charge in [-0.05, 0) is 110 Å². The fraction of sp³-hybridized carbons (Fsp3) is 1.00. The topological polar surface area (TPSA) is 60.7 Å². The van der Waals surface area contributed by atoms with Gasteiger partial charge in [-0.25, -0.2) is 0 Å². The zero-order valence-corrected chi connectivity index (χ0v) is 17.5. The molecule has 6 saturated carbocycles. The van der Waals surface area contributed by atoms with Crippen molar-refractivity contribution in [2.24, 2.45) is 58.2 Å². The number of rotatable bonds is 1. The number of fused-ring (bicyclic) bond motifs is 10. The van der Waals surface area contributed by atoms with Gasteiger partial charge in [0, 0.05) is 6.61 Å². The Morgan fingerprint density at radius 2 is 1.48 bits per heavy atom. The fourth-order valence-corrected chi connectivity index (χ4v) is 9.08. The van der Waals surface area contributed by atoms with Crippen LogP contribution in [0, 0.1) is 58.2 Å². The molecule has 27 heavy (non-hydrogen) atoms. The van der Waals surface area contributed by atoms with E-state index in [1.807, 2.05) is 6.92 Å². The van der Waals surface area contributed by atoms with Crippen LogP contribution in [0.15, 0.2) is 0 Å². The smallest absolute Gasteiger partial charge is 0.0627 e. The van der Waals surface area contributed by atoms with E-state index in [0.717, 1.165) is 60.7 Å². The predicted octanol–water partition coefficient (Wildman–Crippen LogP) is 3.85. The highest BCUT2D eigenvalue weighted by Crippen LogP contribution is 2.78. The summed E-state index contributed by atoms with van der Waals surface area (Å²) in [6.07, 6.45) is 9.57. The highest BCUT2D eigenvalue weighted by atomic mass is 16.3. The molecule has 0 amide bonds. The van der Waals surface area contributed by atoms with Crippen molar-refractivity contribution < 1.29 is 15.3 Å². The van der Waals surface area contributed by atoms with Gasteiger partial charge in [0.2, 0.25) is 0 Å². The SMILES string of the molecule is CC12CCC(O)CC1C1CC1C1C2CCC2(C)C(O)C3CC3C12.CCCO. The lowest BCUT2D eigenvalue weighted by atomic mass is 9.44. The highest BCUT2D eigenvalue weighted by Gasteiger charge is 2.74. The molecule has 6 rings (SSSR count). The zero-order chi connectivity index (χ0) is 19.1. The second-order valence-electron chi connectivity index (χ2n) is 11.6. The average Bonchev–Trinajstić information content (AvgIpc) is 3.55. The third-order valence-electron chi connectivity index (χ3n) is 10.4. The minimum absolute atomic E-state index is 0.00522.